The third-order valence-corrected chi connectivity index (χ3v) is 10.0. The monoisotopic (exact) mass is 454 g/mol. The quantitative estimate of drug-likeness (QED) is 0.396. The van der Waals surface area contributed by atoms with Gasteiger partial charge in [-0.05, 0) is 120 Å². The number of allylic oxidation sites excluding steroid dienone is 7. The fraction of sp³-hybridized carbons (Fsp3) is 0.529. The molecule has 3 aliphatic carbocycles. The Labute approximate surface area is 209 Å². The van der Waals surface area contributed by atoms with Crippen molar-refractivity contribution in [2.75, 3.05) is 0 Å². The second-order valence-corrected chi connectivity index (χ2v) is 13.6. The Morgan fingerprint density at radius 2 is 1.56 bits per heavy atom. The zero-order valence-corrected chi connectivity index (χ0v) is 23.8. The van der Waals surface area contributed by atoms with Gasteiger partial charge in [0, 0.05) is 5.41 Å². The summed E-state index contributed by atoms with van der Waals surface area (Å²) in [7, 11) is 0. The van der Waals surface area contributed by atoms with Crippen molar-refractivity contribution in [1.82, 2.24) is 0 Å². The van der Waals surface area contributed by atoms with E-state index in [0.29, 0.717) is 0 Å². The number of rotatable bonds is 1. The maximum absolute atomic E-state index is 4.83. The third kappa shape index (κ3) is 3.03. The first-order valence-electron chi connectivity index (χ1n) is 13.0. The molecular formula is C34H46. The molecule has 0 saturated heterocycles. The minimum atomic E-state index is -0.0966. The van der Waals surface area contributed by atoms with Crippen LogP contribution in [0.5, 0.6) is 0 Å². The summed E-state index contributed by atoms with van der Waals surface area (Å²) in [5.74, 6) is 0. The molecule has 0 aromatic heterocycles. The van der Waals surface area contributed by atoms with E-state index < -0.39 is 0 Å². The lowest BCUT2D eigenvalue weighted by atomic mass is 9.41. The van der Waals surface area contributed by atoms with Gasteiger partial charge < -0.3 is 0 Å². The smallest absolute Gasteiger partial charge is 0.0194 e. The molecule has 3 aliphatic rings. The van der Waals surface area contributed by atoms with Gasteiger partial charge in [-0.2, -0.15) is 0 Å². The molecule has 1 aromatic rings. The SMILES string of the molecule is C=C(C)C1=C(C)CC2(C)CC3(C)Cc4c(C)cc(C(C)(C)C)c(C)c4C(=C)C3=C(C)C2(C)C1=C. The largest absolute Gasteiger partial charge is 0.0955 e. The van der Waals surface area contributed by atoms with Crippen LogP contribution in [0.3, 0.4) is 0 Å². The summed E-state index contributed by atoms with van der Waals surface area (Å²) >= 11 is 0. The summed E-state index contributed by atoms with van der Waals surface area (Å²) in [4.78, 5) is 0. The van der Waals surface area contributed by atoms with Crippen LogP contribution in [-0.2, 0) is 11.8 Å². The van der Waals surface area contributed by atoms with E-state index in [1.807, 2.05) is 0 Å². The van der Waals surface area contributed by atoms with Gasteiger partial charge in [-0.1, -0.05) is 84.1 Å². The van der Waals surface area contributed by atoms with Gasteiger partial charge in [-0.25, -0.2) is 0 Å². The fourth-order valence-corrected chi connectivity index (χ4v) is 8.56. The Bertz CT molecular complexity index is 1230. The summed E-state index contributed by atoms with van der Waals surface area (Å²) in [5, 5.41) is 0. The highest BCUT2D eigenvalue weighted by molar-refractivity contribution is 5.87. The molecule has 4 rings (SSSR count). The van der Waals surface area contributed by atoms with Gasteiger partial charge in [0.2, 0.25) is 0 Å². The van der Waals surface area contributed by atoms with Crippen molar-refractivity contribution in [2.24, 2.45) is 16.2 Å². The first kappa shape index (κ1) is 25.0. The summed E-state index contributed by atoms with van der Waals surface area (Å²) in [6, 6.07) is 2.45. The maximum atomic E-state index is 4.83. The zero-order valence-electron chi connectivity index (χ0n) is 23.8. The van der Waals surface area contributed by atoms with E-state index in [1.54, 1.807) is 0 Å². The van der Waals surface area contributed by atoms with Gasteiger partial charge in [-0.15, -0.1) is 0 Å². The lowest BCUT2D eigenvalue weighted by Gasteiger charge is -2.62. The van der Waals surface area contributed by atoms with Crippen molar-refractivity contribution < 1.29 is 0 Å². The molecule has 0 N–H and O–H groups in total. The average molecular weight is 455 g/mol. The van der Waals surface area contributed by atoms with Crippen molar-refractivity contribution in [3.63, 3.8) is 0 Å². The van der Waals surface area contributed by atoms with Gasteiger partial charge >= 0.3 is 0 Å². The third-order valence-electron chi connectivity index (χ3n) is 10.0. The Morgan fingerprint density at radius 1 is 0.971 bits per heavy atom. The lowest BCUT2D eigenvalue weighted by molar-refractivity contribution is 0.0543. The number of fused-ring (bicyclic) bond motifs is 3. The number of benzene rings is 1. The van der Waals surface area contributed by atoms with Crippen molar-refractivity contribution >= 4 is 5.57 Å². The Kier molecular flexibility index (Phi) is 5.31. The first-order chi connectivity index (χ1) is 15.4. The maximum Gasteiger partial charge on any atom is 0.0194 e. The molecule has 0 saturated carbocycles. The van der Waals surface area contributed by atoms with Crippen LogP contribution in [0, 0.1) is 30.1 Å². The highest BCUT2D eigenvalue weighted by Gasteiger charge is 2.59. The highest BCUT2D eigenvalue weighted by atomic mass is 14.6. The molecule has 3 unspecified atom stereocenters. The summed E-state index contributed by atoms with van der Waals surface area (Å²) < 4.78 is 0. The second-order valence-electron chi connectivity index (χ2n) is 13.6. The van der Waals surface area contributed by atoms with E-state index in [-0.39, 0.29) is 21.7 Å². The summed E-state index contributed by atoms with van der Waals surface area (Å²) in [6.45, 7) is 39.8. The fourth-order valence-electron chi connectivity index (χ4n) is 8.56. The van der Waals surface area contributed by atoms with Crippen LogP contribution in [0.25, 0.3) is 5.57 Å². The molecule has 0 radical (unpaired) electrons. The molecule has 0 heterocycles. The van der Waals surface area contributed by atoms with Crippen molar-refractivity contribution in [3.05, 3.63) is 87.1 Å². The van der Waals surface area contributed by atoms with Crippen LogP contribution in [0.2, 0.25) is 0 Å². The summed E-state index contributed by atoms with van der Waals surface area (Å²) in [5.41, 5.74) is 16.9. The van der Waals surface area contributed by atoms with E-state index in [9.17, 15) is 0 Å². The standard InChI is InChI=1S/C34H46/c1-19(2)28-21(4)16-33(13)18-32(12)17-26-20(3)15-27(31(9,10)11)22(5)29(26)23(6)30(32)25(8)34(33,14)24(28)7/h15H,1,6-7,16-18H2,2-5,8-14H3. The molecule has 0 fully saturated rings. The van der Waals surface area contributed by atoms with Crippen molar-refractivity contribution in [1.29, 1.82) is 0 Å². The average Bonchev–Trinajstić information content (AvgIpc) is 2.65. The minimum absolute atomic E-state index is 0.0875. The van der Waals surface area contributed by atoms with Gasteiger partial charge in [0.1, 0.15) is 0 Å². The molecule has 0 aliphatic heterocycles. The van der Waals surface area contributed by atoms with E-state index in [1.165, 1.54) is 61.3 Å². The van der Waals surface area contributed by atoms with Crippen LogP contribution in [0.1, 0.15) is 103 Å². The van der Waals surface area contributed by atoms with E-state index >= 15 is 0 Å². The number of hydrogen-bond donors (Lipinski definition) is 0. The van der Waals surface area contributed by atoms with E-state index in [4.69, 9.17) is 13.2 Å². The summed E-state index contributed by atoms with van der Waals surface area (Å²) in [6.07, 6.45) is 3.35. The normalized spacial score (nSPS) is 31.4. The van der Waals surface area contributed by atoms with Crippen LogP contribution in [0.4, 0.5) is 0 Å². The van der Waals surface area contributed by atoms with Crippen molar-refractivity contribution in [2.45, 2.75) is 101 Å². The minimum Gasteiger partial charge on any atom is -0.0955 e. The van der Waals surface area contributed by atoms with Gasteiger partial charge in [0.15, 0.2) is 0 Å². The number of aryl methyl sites for hydroxylation is 1. The highest BCUT2D eigenvalue weighted by Crippen LogP contribution is 2.70. The molecule has 0 nitrogen and oxygen atoms in total. The van der Waals surface area contributed by atoms with Gasteiger partial charge in [-0.3, -0.25) is 0 Å². The Balaban J connectivity index is 2.04. The van der Waals surface area contributed by atoms with Crippen LogP contribution >= 0.6 is 0 Å². The van der Waals surface area contributed by atoms with Crippen LogP contribution in [-0.4, -0.2) is 0 Å². The molecule has 3 atom stereocenters. The predicted molar refractivity (Wildman–Crippen MR) is 150 cm³/mol. The first-order valence-corrected chi connectivity index (χ1v) is 13.0. The van der Waals surface area contributed by atoms with Crippen LogP contribution < -0.4 is 0 Å². The Morgan fingerprint density at radius 3 is 2.09 bits per heavy atom. The molecule has 182 valence electrons. The lowest BCUT2D eigenvalue weighted by Crippen LogP contribution is -2.52. The molecular weight excluding hydrogens is 408 g/mol. The molecule has 0 spiro atoms. The van der Waals surface area contributed by atoms with E-state index in [2.05, 4.69) is 88.8 Å². The molecule has 0 amide bonds. The van der Waals surface area contributed by atoms with Crippen molar-refractivity contribution in [3.8, 4) is 0 Å². The van der Waals surface area contributed by atoms with Crippen LogP contribution in [0.15, 0.2) is 59.2 Å². The topological polar surface area (TPSA) is 0 Å². The number of hydrogen-bond acceptors (Lipinski definition) is 0. The predicted octanol–water partition coefficient (Wildman–Crippen LogP) is 9.76. The molecule has 0 heteroatoms. The second kappa shape index (κ2) is 7.22. The molecule has 0 bridgehead atoms. The Hall–Kier alpha value is -2.08. The molecule has 1 aromatic carbocycles. The van der Waals surface area contributed by atoms with Gasteiger partial charge in [0.25, 0.3) is 0 Å². The van der Waals surface area contributed by atoms with Gasteiger partial charge in [0.05, 0.1) is 0 Å². The zero-order chi connectivity index (χ0) is 25.8. The molecule has 34 heavy (non-hydrogen) atoms. The van der Waals surface area contributed by atoms with E-state index in [0.717, 1.165) is 24.8 Å².